The Morgan fingerprint density at radius 1 is 1.09 bits per heavy atom. The minimum atomic E-state index is 0.0388. The van der Waals surface area contributed by atoms with Crippen molar-refractivity contribution in [3.05, 3.63) is 88.7 Å². The third-order valence-electron chi connectivity index (χ3n) is 5.30. The van der Waals surface area contributed by atoms with E-state index in [1.54, 1.807) is 25.1 Å². The van der Waals surface area contributed by atoms with Gasteiger partial charge in [0.2, 0.25) is 0 Å². The smallest absolute Gasteiger partial charge is 0.142 e. The van der Waals surface area contributed by atoms with E-state index in [9.17, 15) is 10.1 Å². The molecule has 0 atom stereocenters. The minimum absolute atomic E-state index is 0.0388. The van der Waals surface area contributed by atoms with Crippen molar-refractivity contribution in [2.45, 2.75) is 33.4 Å². The van der Waals surface area contributed by atoms with Crippen molar-refractivity contribution in [2.24, 2.45) is 5.73 Å². The molecular weight excluding hydrogens is 400 g/mol. The van der Waals surface area contributed by atoms with E-state index >= 15 is 0 Å². The first kappa shape index (κ1) is 21.4. The van der Waals surface area contributed by atoms with Crippen LogP contribution >= 0.6 is 0 Å². The number of fused-ring (bicyclic) bond motifs is 1. The van der Waals surface area contributed by atoms with E-state index in [1.807, 2.05) is 37.3 Å². The number of rotatable bonds is 7. The van der Waals surface area contributed by atoms with Crippen LogP contribution in [0.3, 0.4) is 0 Å². The first-order valence-corrected chi connectivity index (χ1v) is 10.4. The van der Waals surface area contributed by atoms with Crippen molar-refractivity contribution in [3.63, 3.8) is 0 Å². The zero-order chi connectivity index (χ0) is 22.7. The number of benzene rings is 3. The van der Waals surface area contributed by atoms with Crippen LogP contribution in [-0.4, -0.2) is 5.78 Å². The average Bonchev–Trinajstić information content (AvgIpc) is 3.17. The average molecular weight is 425 g/mol. The van der Waals surface area contributed by atoms with Crippen LogP contribution < -0.4 is 10.5 Å². The highest BCUT2D eigenvalue weighted by atomic mass is 16.5. The van der Waals surface area contributed by atoms with E-state index in [1.165, 1.54) is 0 Å². The molecule has 0 radical (unpaired) electrons. The highest BCUT2D eigenvalue weighted by Gasteiger charge is 2.13. The Bertz CT molecular complexity index is 1350. The molecule has 4 aromatic rings. The van der Waals surface area contributed by atoms with Crippen molar-refractivity contribution < 1.29 is 13.9 Å². The zero-order valence-corrected chi connectivity index (χ0v) is 18.1. The van der Waals surface area contributed by atoms with E-state index in [0.717, 1.165) is 44.5 Å². The molecule has 0 aliphatic carbocycles. The maximum atomic E-state index is 11.7. The Kier molecular flexibility index (Phi) is 6.07. The summed E-state index contributed by atoms with van der Waals surface area (Å²) in [5.41, 5.74) is 11.9. The number of ketones is 1. The molecular formula is C27H24N2O3. The van der Waals surface area contributed by atoms with Gasteiger partial charge in [-0.05, 0) is 66.9 Å². The Balaban J connectivity index is 1.72. The van der Waals surface area contributed by atoms with Gasteiger partial charge in [-0.3, -0.25) is 4.79 Å². The molecule has 0 aliphatic heterocycles. The third kappa shape index (κ3) is 4.56. The number of carbonyl (C=O) groups excluding carboxylic acids is 1. The van der Waals surface area contributed by atoms with Gasteiger partial charge in [0.25, 0.3) is 0 Å². The van der Waals surface area contributed by atoms with Gasteiger partial charge in [0, 0.05) is 29.5 Å². The van der Waals surface area contributed by atoms with Gasteiger partial charge in [-0.1, -0.05) is 24.3 Å². The predicted molar refractivity (Wildman–Crippen MR) is 124 cm³/mol. The van der Waals surface area contributed by atoms with E-state index in [4.69, 9.17) is 14.9 Å². The largest absolute Gasteiger partial charge is 0.489 e. The molecule has 1 aromatic heterocycles. The summed E-state index contributed by atoms with van der Waals surface area (Å²) in [7, 11) is 0. The molecule has 0 saturated heterocycles. The highest BCUT2D eigenvalue weighted by molar-refractivity contribution is 5.93. The molecule has 0 unspecified atom stereocenters. The van der Waals surface area contributed by atoms with Gasteiger partial charge < -0.3 is 14.9 Å². The van der Waals surface area contributed by atoms with Crippen LogP contribution in [0, 0.1) is 18.3 Å². The Morgan fingerprint density at radius 2 is 1.94 bits per heavy atom. The number of nitriles is 1. The fourth-order valence-corrected chi connectivity index (χ4v) is 3.84. The lowest BCUT2D eigenvalue weighted by atomic mass is 9.99. The van der Waals surface area contributed by atoms with Gasteiger partial charge >= 0.3 is 0 Å². The van der Waals surface area contributed by atoms with Gasteiger partial charge in [-0.25, -0.2) is 0 Å². The fraction of sp³-hybridized carbons (Fsp3) is 0.185. The number of furan rings is 1. The number of nitrogens with zero attached hydrogens (tertiary/aromatic N) is 1. The summed E-state index contributed by atoms with van der Waals surface area (Å²) in [5, 5.41) is 10.2. The van der Waals surface area contributed by atoms with Gasteiger partial charge in [-0.15, -0.1) is 0 Å². The van der Waals surface area contributed by atoms with Crippen molar-refractivity contribution in [2.75, 3.05) is 0 Å². The fourth-order valence-electron chi connectivity index (χ4n) is 3.84. The van der Waals surface area contributed by atoms with Crippen molar-refractivity contribution in [3.8, 4) is 22.9 Å². The molecule has 5 heteroatoms. The molecule has 5 nitrogen and oxygen atoms in total. The van der Waals surface area contributed by atoms with Crippen molar-refractivity contribution in [1.29, 1.82) is 5.26 Å². The summed E-state index contributed by atoms with van der Waals surface area (Å²) >= 11 is 0. The summed E-state index contributed by atoms with van der Waals surface area (Å²) < 4.78 is 12.1. The molecule has 1 heterocycles. The number of aryl methyl sites for hydroxylation is 1. The molecule has 2 N–H and O–H groups in total. The van der Waals surface area contributed by atoms with Crippen molar-refractivity contribution in [1.82, 2.24) is 0 Å². The molecule has 0 spiro atoms. The Labute approximate surface area is 187 Å². The zero-order valence-electron chi connectivity index (χ0n) is 18.1. The predicted octanol–water partition coefficient (Wildman–Crippen LogP) is 5.45. The number of nitrogens with two attached hydrogens (primary N) is 1. The normalized spacial score (nSPS) is 10.8. The molecule has 0 amide bonds. The van der Waals surface area contributed by atoms with E-state index in [2.05, 4.69) is 18.2 Å². The number of hydrogen-bond donors (Lipinski definition) is 1. The summed E-state index contributed by atoms with van der Waals surface area (Å²) in [6.07, 6.45) is 0.262. The van der Waals surface area contributed by atoms with Gasteiger partial charge in [0.05, 0.1) is 11.6 Å². The molecule has 0 saturated carbocycles. The lowest BCUT2D eigenvalue weighted by Gasteiger charge is -2.13. The second-order valence-electron chi connectivity index (χ2n) is 7.93. The number of carbonyl (C=O) groups is 1. The third-order valence-corrected chi connectivity index (χ3v) is 5.30. The first-order chi connectivity index (χ1) is 15.5. The molecule has 0 fully saturated rings. The van der Waals surface area contributed by atoms with Crippen LogP contribution in [0.5, 0.6) is 5.75 Å². The number of hydrogen-bond acceptors (Lipinski definition) is 5. The van der Waals surface area contributed by atoms with E-state index < -0.39 is 0 Å². The quantitative estimate of drug-likeness (QED) is 0.426. The Morgan fingerprint density at radius 3 is 2.69 bits per heavy atom. The first-order valence-electron chi connectivity index (χ1n) is 10.4. The van der Waals surface area contributed by atoms with Crippen LogP contribution in [0.25, 0.3) is 22.1 Å². The molecule has 32 heavy (non-hydrogen) atoms. The summed E-state index contributed by atoms with van der Waals surface area (Å²) in [6.45, 7) is 4.23. The highest BCUT2D eigenvalue weighted by Crippen LogP contribution is 2.33. The van der Waals surface area contributed by atoms with E-state index in [-0.39, 0.29) is 12.2 Å². The summed E-state index contributed by atoms with van der Waals surface area (Å²) in [4.78, 5) is 11.7. The second-order valence-corrected chi connectivity index (χ2v) is 7.93. The van der Waals surface area contributed by atoms with Crippen LogP contribution in [0.1, 0.15) is 34.9 Å². The molecule has 160 valence electrons. The number of ether oxygens (including phenoxy) is 1. The number of Topliss-reactive ketones (excluding diaryl/α,β-unsaturated/α-hetero) is 1. The SMILES string of the molecule is CC(=O)Cc1ccc(C#N)cc1OCc1cc(-c2cccc(CN)c2)c2oc(C)cc2c1. The van der Waals surface area contributed by atoms with Crippen molar-refractivity contribution >= 4 is 16.8 Å². The van der Waals surface area contributed by atoms with Gasteiger partial charge in [0.15, 0.2) is 0 Å². The molecule has 0 aliphatic rings. The topological polar surface area (TPSA) is 89.2 Å². The standard InChI is InChI=1S/C27H24N2O3/c1-17(30)8-23-7-6-20(15-29)13-26(23)31-16-21-11-24-9-18(2)32-27(24)25(12-21)22-5-3-4-19(10-22)14-28/h3-7,9-13H,8,14,16,28H2,1-2H3. The maximum Gasteiger partial charge on any atom is 0.142 e. The monoisotopic (exact) mass is 424 g/mol. The lowest BCUT2D eigenvalue weighted by Crippen LogP contribution is -2.03. The minimum Gasteiger partial charge on any atom is -0.489 e. The second kappa shape index (κ2) is 9.09. The summed E-state index contributed by atoms with van der Waals surface area (Å²) in [6, 6.07) is 21.5. The Hall–Kier alpha value is -3.88. The van der Waals surface area contributed by atoms with Crippen LogP contribution in [-0.2, 0) is 24.4 Å². The van der Waals surface area contributed by atoms with Crippen LogP contribution in [0.15, 0.2) is 65.1 Å². The summed E-state index contributed by atoms with van der Waals surface area (Å²) in [5.74, 6) is 1.42. The lowest BCUT2D eigenvalue weighted by molar-refractivity contribution is -0.116. The maximum absolute atomic E-state index is 11.7. The van der Waals surface area contributed by atoms with Gasteiger partial charge in [-0.2, -0.15) is 5.26 Å². The van der Waals surface area contributed by atoms with Crippen LogP contribution in [0.4, 0.5) is 0 Å². The van der Waals surface area contributed by atoms with E-state index in [0.29, 0.717) is 24.5 Å². The van der Waals surface area contributed by atoms with Crippen LogP contribution in [0.2, 0.25) is 0 Å². The molecule has 3 aromatic carbocycles. The van der Waals surface area contributed by atoms with Gasteiger partial charge in [0.1, 0.15) is 29.5 Å². The molecule has 0 bridgehead atoms. The molecule has 4 rings (SSSR count).